The molecule has 0 aromatic heterocycles. The van der Waals surface area contributed by atoms with Crippen LogP contribution in [0.25, 0.3) is 0 Å². The highest BCUT2D eigenvalue weighted by molar-refractivity contribution is 7.89. The lowest BCUT2D eigenvalue weighted by atomic mass is 10.00. The van der Waals surface area contributed by atoms with Gasteiger partial charge in [-0.1, -0.05) is 0 Å². The zero-order valence-electron chi connectivity index (χ0n) is 12.0. The minimum absolute atomic E-state index is 0.275. The van der Waals surface area contributed by atoms with Crippen molar-refractivity contribution in [1.29, 1.82) is 0 Å². The van der Waals surface area contributed by atoms with E-state index in [1.165, 1.54) is 17.1 Å². The highest BCUT2D eigenvalue weighted by atomic mass is 32.2. The summed E-state index contributed by atoms with van der Waals surface area (Å²) in [4.78, 5) is 0. The number of halogens is 3. The summed E-state index contributed by atoms with van der Waals surface area (Å²) in [5.41, 5.74) is 0. The van der Waals surface area contributed by atoms with Crippen molar-refractivity contribution in [3.05, 3.63) is 0 Å². The Morgan fingerprint density at radius 3 is 2.52 bits per heavy atom. The van der Waals surface area contributed by atoms with E-state index in [0.29, 0.717) is 19.1 Å². The third-order valence-electron chi connectivity index (χ3n) is 4.01. The first-order valence-electron chi connectivity index (χ1n) is 7.54. The molecule has 2 rings (SSSR count). The Hall–Kier alpha value is -0.340. The lowest BCUT2D eigenvalue weighted by Gasteiger charge is -2.32. The zero-order chi connectivity index (χ0) is 15.5. The fourth-order valence-electron chi connectivity index (χ4n) is 2.65. The predicted octanol–water partition coefficient (Wildman–Crippen LogP) is 2.12. The van der Waals surface area contributed by atoms with Crippen LogP contribution in [-0.4, -0.2) is 50.3 Å². The smallest absolute Gasteiger partial charge is 0.314 e. The van der Waals surface area contributed by atoms with Crippen LogP contribution in [0.5, 0.6) is 0 Å². The van der Waals surface area contributed by atoms with Gasteiger partial charge in [-0.15, -0.1) is 0 Å². The average molecular weight is 328 g/mol. The largest absolute Gasteiger partial charge is 0.389 e. The molecular formula is C13H23F3N2O2S. The SMILES string of the molecule is O=S(=O)(CCCC(F)(F)F)N1CCCC(CNC2CC2)C1. The van der Waals surface area contributed by atoms with Crippen LogP contribution in [0.1, 0.15) is 38.5 Å². The van der Waals surface area contributed by atoms with E-state index < -0.39 is 28.4 Å². The van der Waals surface area contributed by atoms with E-state index in [2.05, 4.69) is 5.32 Å². The van der Waals surface area contributed by atoms with Crippen LogP contribution in [0, 0.1) is 5.92 Å². The number of nitrogens with one attached hydrogen (secondary N) is 1. The van der Waals surface area contributed by atoms with Gasteiger partial charge in [-0.3, -0.25) is 0 Å². The molecule has 0 aromatic rings. The summed E-state index contributed by atoms with van der Waals surface area (Å²) >= 11 is 0. The van der Waals surface area contributed by atoms with E-state index in [9.17, 15) is 21.6 Å². The Bertz CT molecular complexity index is 435. The monoisotopic (exact) mass is 328 g/mol. The van der Waals surface area contributed by atoms with Crippen LogP contribution < -0.4 is 5.32 Å². The lowest BCUT2D eigenvalue weighted by Crippen LogP contribution is -2.44. The van der Waals surface area contributed by atoms with Gasteiger partial charge >= 0.3 is 6.18 Å². The second kappa shape index (κ2) is 6.83. The van der Waals surface area contributed by atoms with Crippen LogP contribution in [-0.2, 0) is 10.0 Å². The molecule has 1 saturated carbocycles. The zero-order valence-corrected chi connectivity index (χ0v) is 12.8. The summed E-state index contributed by atoms with van der Waals surface area (Å²) in [6, 6.07) is 0.587. The van der Waals surface area contributed by atoms with E-state index in [1.807, 2.05) is 0 Å². The van der Waals surface area contributed by atoms with Gasteiger partial charge in [0.2, 0.25) is 10.0 Å². The molecule has 1 heterocycles. The lowest BCUT2D eigenvalue weighted by molar-refractivity contribution is -0.134. The molecular weight excluding hydrogens is 305 g/mol. The van der Waals surface area contributed by atoms with Gasteiger partial charge in [0.25, 0.3) is 0 Å². The Labute approximate surface area is 124 Å². The molecule has 21 heavy (non-hydrogen) atoms. The first kappa shape index (κ1) is 17.0. The van der Waals surface area contributed by atoms with Crippen LogP contribution in [0.2, 0.25) is 0 Å². The maximum absolute atomic E-state index is 12.1. The predicted molar refractivity (Wildman–Crippen MR) is 74.4 cm³/mol. The van der Waals surface area contributed by atoms with Crippen molar-refractivity contribution in [2.45, 2.75) is 50.7 Å². The summed E-state index contributed by atoms with van der Waals surface area (Å²) in [6.07, 6.45) is -1.53. The summed E-state index contributed by atoms with van der Waals surface area (Å²) in [5, 5.41) is 3.39. The molecule has 1 aliphatic carbocycles. The third kappa shape index (κ3) is 6.12. The first-order chi connectivity index (χ1) is 9.76. The number of sulfonamides is 1. The van der Waals surface area contributed by atoms with Gasteiger partial charge in [-0.2, -0.15) is 13.2 Å². The Morgan fingerprint density at radius 1 is 1.19 bits per heavy atom. The topological polar surface area (TPSA) is 49.4 Å². The maximum atomic E-state index is 12.1. The fraction of sp³-hybridized carbons (Fsp3) is 1.00. The minimum atomic E-state index is -4.28. The molecule has 4 nitrogen and oxygen atoms in total. The number of hydrogen-bond acceptors (Lipinski definition) is 3. The molecule has 1 atom stereocenters. The Kier molecular flexibility index (Phi) is 5.54. The van der Waals surface area contributed by atoms with Gasteiger partial charge < -0.3 is 5.32 Å². The second-order valence-corrected chi connectivity index (χ2v) is 8.17. The molecule has 1 N–H and O–H groups in total. The minimum Gasteiger partial charge on any atom is -0.314 e. The van der Waals surface area contributed by atoms with Crippen molar-refractivity contribution in [3.8, 4) is 0 Å². The van der Waals surface area contributed by atoms with Crippen LogP contribution in [0.4, 0.5) is 13.2 Å². The van der Waals surface area contributed by atoms with E-state index in [1.54, 1.807) is 0 Å². The Morgan fingerprint density at radius 2 is 1.90 bits per heavy atom. The van der Waals surface area contributed by atoms with Gasteiger partial charge in [0.1, 0.15) is 0 Å². The number of piperidine rings is 1. The molecule has 0 bridgehead atoms. The van der Waals surface area contributed by atoms with Crippen molar-refractivity contribution in [1.82, 2.24) is 9.62 Å². The van der Waals surface area contributed by atoms with E-state index in [0.717, 1.165) is 19.4 Å². The van der Waals surface area contributed by atoms with E-state index in [4.69, 9.17) is 0 Å². The molecule has 8 heteroatoms. The van der Waals surface area contributed by atoms with Gasteiger partial charge in [0.15, 0.2) is 0 Å². The number of nitrogens with zero attached hydrogens (tertiary/aromatic N) is 1. The van der Waals surface area contributed by atoms with Crippen molar-refractivity contribution in [2.75, 3.05) is 25.4 Å². The summed E-state index contributed by atoms with van der Waals surface area (Å²) in [6.45, 7) is 1.68. The molecule has 2 fully saturated rings. The number of alkyl halides is 3. The van der Waals surface area contributed by atoms with E-state index >= 15 is 0 Å². The van der Waals surface area contributed by atoms with Gasteiger partial charge in [-0.05, 0) is 44.6 Å². The standard InChI is InChI=1S/C13H23F3N2O2S/c14-13(15,16)6-2-8-21(19,20)18-7-1-3-11(10-18)9-17-12-4-5-12/h11-12,17H,1-10H2. The summed E-state index contributed by atoms with van der Waals surface area (Å²) in [7, 11) is -3.56. The normalized spacial score (nSPS) is 25.2. The molecule has 0 amide bonds. The fourth-order valence-corrected chi connectivity index (χ4v) is 4.26. The Balaban J connectivity index is 1.77. The van der Waals surface area contributed by atoms with Gasteiger partial charge in [0, 0.05) is 25.6 Å². The summed E-state index contributed by atoms with van der Waals surface area (Å²) < 4.78 is 61.9. The third-order valence-corrected chi connectivity index (χ3v) is 5.93. The molecule has 0 spiro atoms. The van der Waals surface area contributed by atoms with Crippen molar-refractivity contribution in [3.63, 3.8) is 0 Å². The average Bonchev–Trinajstić information content (AvgIpc) is 3.19. The first-order valence-corrected chi connectivity index (χ1v) is 9.15. The van der Waals surface area contributed by atoms with Crippen LogP contribution in [0.15, 0.2) is 0 Å². The molecule has 2 aliphatic rings. The molecule has 0 aromatic carbocycles. The highest BCUT2D eigenvalue weighted by Crippen LogP contribution is 2.25. The van der Waals surface area contributed by atoms with Gasteiger partial charge in [0.05, 0.1) is 5.75 Å². The van der Waals surface area contributed by atoms with Crippen molar-refractivity contribution < 1.29 is 21.6 Å². The van der Waals surface area contributed by atoms with Gasteiger partial charge in [-0.25, -0.2) is 12.7 Å². The number of hydrogen-bond donors (Lipinski definition) is 1. The molecule has 1 saturated heterocycles. The molecule has 124 valence electrons. The van der Waals surface area contributed by atoms with Crippen LogP contribution in [0.3, 0.4) is 0 Å². The molecule has 1 aliphatic heterocycles. The molecule has 1 unspecified atom stereocenters. The van der Waals surface area contributed by atoms with Crippen LogP contribution >= 0.6 is 0 Å². The quantitative estimate of drug-likeness (QED) is 0.779. The maximum Gasteiger partial charge on any atom is 0.389 e. The second-order valence-electron chi connectivity index (χ2n) is 6.08. The highest BCUT2D eigenvalue weighted by Gasteiger charge is 2.32. The summed E-state index contributed by atoms with van der Waals surface area (Å²) in [5.74, 6) is -0.133. The van der Waals surface area contributed by atoms with E-state index in [-0.39, 0.29) is 12.3 Å². The molecule has 0 radical (unpaired) electrons. The van der Waals surface area contributed by atoms with Crippen molar-refractivity contribution >= 4 is 10.0 Å². The number of rotatable bonds is 7. The van der Waals surface area contributed by atoms with Crippen molar-refractivity contribution in [2.24, 2.45) is 5.92 Å².